The molecular formula is C21H21NO8. The fraction of sp³-hybridized carbons (Fsp3) is 0.333. The molecule has 3 aromatic rings. The van der Waals surface area contributed by atoms with Gasteiger partial charge in [-0.1, -0.05) is 6.07 Å². The van der Waals surface area contributed by atoms with Crippen molar-refractivity contribution in [2.45, 2.75) is 37.6 Å². The highest BCUT2D eigenvalue weighted by atomic mass is 16.7. The molecule has 9 heteroatoms. The Hall–Kier alpha value is -2.82. The molecule has 4 N–H and O–H groups in total. The highest BCUT2D eigenvalue weighted by Gasteiger charge is 2.44. The molecule has 9 nitrogen and oxygen atoms in total. The van der Waals surface area contributed by atoms with Gasteiger partial charge < -0.3 is 34.3 Å². The smallest absolute Gasteiger partial charge is 0.229 e. The molecule has 1 saturated heterocycles. The number of benzene rings is 1. The number of fused-ring (bicyclic) bond motifs is 1. The maximum absolute atomic E-state index is 13.0. The van der Waals surface area contributed by atoms with Gasteiger partial charge in [0.1, 0.15) is 41.5 Å². The van der Waals surface area contributed by atoms with Crippen molar-refractivity contribution in [1.29, 1.82) is 0 Å². The molecule has 1 aromatic carbocycles. The van der Waals surface area contributed by atoms with E-state index in [2.05, 4.69) is 4.98 Å². The van der Waals surface area contributed by atoms with Gasteiger partial charge in [0.2, 0.25) is 11.7 Å². The Kier molecular flexibility index (Phi) is 5.54. The molecule has 4 rings (SSSR count). The lowest BCUT2D eigenvalue weighted by atomic mass is 9.99. The van der Waals surface area contributed by atoms with Gasteiger partial charge in [0.05, 0.1) is 23.3 Å². The molecule has 0 saturated carbocycles. The molecule has 2 aromatic heterocycles. The number of aliphatic hydroxyl groups excluding tert-OH is 4. The van der Waals surface area contributed by atoms with Crippen LogP contribution in [0.3, 0.4) is 0 Å². The summed E-state index contributed by atoms with van der Waals surface area (Å²) in [5, 5.41) is 39.5. The number of hydrogen-bond donors (Lipinski definition) is 4. The first kappa shape index (κ1) is 20.5. The van der Waals surface area contributed by atoms with E-state index in [0.29, 0.717) is 22.4 Å². The Morgan fingerprint density at radius 1 is 1.10 bits per heavy atom. The van der Waals surface area contributed by atoms with E-state index >= 15 is 0 Å². The van der Waals surface area contributed by atoms with Gasteiger partial charge in [-0.2, -0.15) is 0 Å². The molecule has 0 amide bonds. The molecule has 0 bridgehead atoms. The second-order valence-corrected chi connectivity index (χ2v) is 7.05. The van der Waals surface area contributed by atoms with Crippen molar-refractivity contribution >= 4 is 11.0 Å². The topological polar surface area (TPSA) is 142 Å². The number of hydrogen-bond acceptors (Lipinski definition) is 9. The summed E-state index contributed by atoms with van der Waals surface area (Å²) in [5.74, 6) is 0.594. The zero-order chi connectivity index (χ0) is 21.4. The fourth-order valence-corrected chi connectivity index (χ4v) is 3.46. The minimum absolute atomic E-state index is 0.208. The van der Waals surface area contributed by atoms with Crippen molar-refractivity contribution in [3.8, 4) is 17.0 Å². The van der Waals surface area contributed by atoms with Crippen LogP contribution in [-0.4, -0.2) is 62.7 Å². The third-order valence-corrected chi connectivity index (χ3v) is 5.06. The quantitative estimate of drug-likeness (QED) is 0.474. The molecule has 0 unspecified atom stereocenters. The highest BCUT2D eigenvalue weighted by molar-refractivity contribution is 5.83. The van der Waals surface area contributed by atoms with Gasteiger partial charge in [-0.15, -0.1) is 0 Å². The number of pyridine rings is 1. The average Bonchev–Trinajstić information content (AvgIpc) is 2.74. The van der Waals surface area contributed by atoms with Crippen LogP contribution in [0.5, 0.6) is 5.75 Å². The van der Waals surface area contributed by atoms with Gasteiger partial charge in [0, 0.05) is 12.3 Å². The molecule has 1 aliphatic heterocycles. The summed E-state index contributed by atoms with van der Waals surface area (Å²) in [4.78, 5) is 17.2. The summed E-state index contributed by atoms with van der Waals surface area (Å²) in [5.41, 5.74) is 0.893. The lowest BCUT2D eigenvalue weighted by Gasteiger charge is -2.39. The van der Waals surface area contributed by atoms with Crippen molar-refractivity contribution in [3.63, 3.8) is 0 Å². The van der Waals surface area contributed by atoms with Crippen LogP contribution in [0, 0.1) is 6.92 Å². The van der Waals surface area contributed by atoms with Crippen LogP contribution in [0.4, 0.5) is 0 Å². The van der Waals surface area contributed by atoms with E-state index in [9.17, 15) is 25.2 Å². The summed E-state index contributed by atoms with van der Waals surface area (Å²) in [6, 6.07) is 9.74. The SMILES string of the molecule is Cc1oc2cc(O[C@@H]3O[C@@H](CO)[C@H](O)[C@@H](O)[C@@H]3O)ccc2c(=O)c1-c1ccccn1. The maximum Gasteiger partial charge on any atom is 0.229 e. The van der Waals surface area contributed by atoms with E-state index in [1.165, 1.54) is 18.2 Å². The summed E-state index contributed by atoms with van der Waals surface area (Å²) in [6.45, 7) is 1.10. The Morgan fingerprint density at radius 2 is 1.90 bits per heavy atom. The summed E-state index contributed by atoms with van der Waals surface area (Å²) in [7, 11) is 0. The predicted octanol–water partition coefficient (Wildman–Crippen LogP) is 0.342. The first-order valence-electron chi connectivity index (χ1n) is 9.36. The van der Waals surface area contributed by atoms with E-state index in [0.717, 1.165) is 0 Å². The van der Waals surface area contributed by atoms with Crippen molar-refractivity contribution in [2.24, 2.45) is 0 Å². The third-order valence-electron chi connectivity index (χ3n) is 5.06. The van der Waals surface area contributed by atoms with Crippen molar-refractivity contribution < 1.29 is 34.3 Å². The van der Waals surface area contributed by atoms with Crippen LogP contribution < -0.4 is 10.2 Å². The molecule has 3 heterocycles. The number of nitrogens with zero attached hydrogens (tertiary/aromatic N) is 1. The monoisotopic (exact) mass is 415 g/mol. The van der Waals surface area contributed by atoms with Gasteiger partial charge in [0.25, 0.3) is 0 Å². The molecule has 5 atom stereocenters. The Balaban J connectivity index is 1.67. The van der Waals surface area contributed by atoms with Crippen LogP contribution in [0.25, 0.3) is 22.2 Å². The third kappa shape index (κ3) is 3.57. The van der Waals surface area contributed by atoms with Gasteiger partial charge in [0.15, 0.2) is 0 Å². The standard InChI is InChI=1S/C21H21NO8/c1-10-16(13-4-2-3-7-22-13)17(24)12-6-5-11(8-14(12)28-10)29-21-20(27)19(26)18(25)15(9-23)30-21/h2-8,15,18-21,23,25-27H,9H2,1H3/t15-,18-,19+,20-,21+/m0/s1. The van der Waals surface area contributed by atoms with E-state index in [-0.39, 0.29) is 16.8 Å². The van der Waals surface area contributed by atoms with Crippen LogP contribution in [0.1, 0.15) is 5.76 Å². The lowest BCUT2D eigenvalue weighted by molar-refractivity contribution is -0.277. The van der Waals surface area contributed by atoms with E-state index in [4.69, 9.17) is 13.9 Å². The van der Waals surface area contributed by atoms with E-state index in [1.807, 2.05) is 0 Å². The number of aryl methyl sites for hydroxylation is 1. The number of ether oxygens (including phenoxy) is 2. The summed E-state index contributed by atoms with van der Waals surface area (Å²) >= 11 is 0. The lowest BCUT2D eigenvalue weighted by Crippen LogP contribution is -2.60. The Bertz CT molecular complexity index is 1100. The summed E-state index contributed by atoms with van der Waals surface area (Å²) < 4.78 is 16.7. The molecule has 1 fully saturated rings. The fourth-order valence-electron chi connectivity index (χ4n) is 3.46. The molecule has 158 valence electrons. The molecule has 1 aliphatic rings. The van der Waals surface area contributed by atoms with Crippen LogP contribution >= 0.6 is 0 Å². The number of rotatable bonds is 4. The van der Waals surface area contributed by atoms with Gasteiger partial charge >= 0.3 is 0 Å². The van der Waals surface area contributed by atoms with Gasteiger partial charge in [-0.3, -0.25) is 9.78 Å². The number of aromatic nitrogens is 1. The molecule has 30 heavy (non-hydrogen) atoms. The second-order valence-electron chi connectivity index (χ2n) is 7.05. The Morgan fingerprint density at radius 3 is 2.60 bits per heavy atom. The number of aliphatic hydroxyl groups is 4. The zero-order valence-electron chi connectivity index (χ0n) is 16.0. The zero-order valence-corrected chi connectivity index (χ0v) is 16.0. The molecular weight excluding hydrogens is 394 g/mol. The largest absolute Gasteiger partial charge is 0.462 e. The first-order valence-corrected chi connectivity index (χ1v) is 9.36. The minimum Gasteiger partial charge on any atom is -0.462 e. The molecule has 0 aliphatic carbocycles. The van der Waals surface area contributed by atoms with Crippen LogP contribution in [0.2, 0.25) is 0 Å². The second kappa shape index (κ2) is 8.13. The highest BCUT2D eigenvalue weighted by Crippen LogP contribution is 2.28. The van der Waals surface area contributed by atoms with Crippen molar-refractivity contribution in [2.75, 3.05) is 6.61 Å². The molecule has 0 spiro atoms. The minimum atomic E-state index is -1.55. The summed E-state index contributed by atoms with van der Waals surface area (Å²) in [6.07, 6.45) is -5.41. The van der Waals surface area contributed by atoms with E-state index < -0.39 is 37.3 Å². The average molecular weight is 415 g/mol. The van der Waals surface area contributed by atoms with Gasteiger partial charge in [-0.25, -0.2) is 0 Å². The van der Waals surface area contributed by atoms with Crippen molar-refractivity contribution in [1.82, 2.24) is 4.98 Å². The van der Waals surface area contributed by atoms with Crippen LogP contribution in [0.15, 0.2) is 51.8 Å². The Labute approximate surface area is 170 Å². The van der Waals surface area contributed by atoms with Crippen LogP contribution in [-0.2, 0) is 4.74 Å². The normalized spacial score (nSPS) is 26.6. The van der Waals surface area contributed by atoms with Gasteiger partial charge in [-0.05, 0) is 31.2 Å². The molecule has 0 radical (unpaired) electrons. The maximum atomic E-state index is 13.0. The van der Waals surface area contributed by atoms with E-state index in [1.54, 1.807) is 31.3 Å². The first-order chi connectivity index (χ1) is 14.4. The predicted molar refractivity (Wildman–Crippen MR) is 105 cm³/mol. The van der Waals surface area contributed by atoms with Crippen molar-refractivity contribution in [3.05, 3.63) is 58.6 Å².